The van der Waals surface area contributed by atoms with Crippen molar-refractivity contribution >= 4 is 22.6 Å². The maximum absolute atomic E-state index is 13.2. The summed E-state index contributed by atoms with van der Waals surface area (Å²) in [7, 11) is 3.54. The number of rotatable bonds is 6. The average molecular weight is 486 g/mol. The zero-order valence-corrected chi connectivity index (χ0v) is 21.1. The van der Waals surface area contributed by atoms with E-state index in [1.807, 2.05) is 67.4 Å². The minimum Gasteiger partial charge on any atom is -0.497 e. The lowest BCUT2D eigenvalue weighted by Crippen LogP contribution is -2.52. The molecule has 1 saturated heterocycles. The van der Waals surface area contributed by atoms with Crippen LogP contribution in [0.15, 0.2) is 60.7 Å². The lowest BCUT2D eigenvalue weighted by atomic mass is 10.0. The van der Waals surface area contributed by atoms with Gasteiger partial charge in [0, 0.05) is 45.0 Å². The lowest BCUT2D eigenvalue weighted by Gasteiger charge is -2.37. The molecule has 1 amide bonds. The van der Waals surface area contributed by atoms with Gasteiger partial charge in [-0.2, -0.15) is 10.1 Å². The number of piperazine rings is 1. The summed E-state index contributed by atoms with van der Waals surface area (Å²) in [6.45, 7) is 6.58. The van der Waals surface area contributed by atoms with Gasteiger partial charge in [-0.1, -0.05) is 30.3 Å². The summed E-state index contributed by atoms with van der Waals surface area (Å²) in [6, 6.07) is 20.0. The number of carbonyl (C=O) groups is 1. The summed E-state index contributed by atoms with van der Waals surface area (Å²) >= 11 is 0. The van der Waals surface area contributed by atoms with Crippen LogP contribution in [0.3, 0.4) is 0 Å². The minimum atomic E-state index is -0.652. The van der Waals surface area contributed by atoms with Gasteiger partial charge < -0.3 is 19.3 Å². The minimum absolute atomic E-state index is 0.0336. The molecule has 3 heterocycles. The maximum atomic E-state index is 13.2. The van der Waals surface area contributed by atoms with E-state index in [-0.39, 0.29) is 5.91 Å². The molecule has 0 spiro atoms. The fourth-order valence-corrected chi connectivity index (χ4v) is 4.79. The Kier molecular flexibility index (Phi) is 6.50. The molecule has 5 rings (SSSR count). The number of fused-ring (bicyclic) bond motifs is 1. The molecule has 0 aliphatic carbocycles. The average Bonchev–Trinajstić information content (AvgIpc) is 3.21. The van der Waals surface area contributed by atoms with Crippen LogP contribution in [-0.4, -0.2) is 65.0 Å². The van der Waals surface area contributed by atoms with Gasteiger partial charge in [-0.3, -0.25) is 9.48 Å². The fourth-order valence-electron chi connectivity index (χ4n) is 4.79. The Morgan fingerprint density at radius 3 is 2.36 bits per heavy atom. The topological polar surface area (TPSA) is 72.7 Å². The van der Waals surface area contributed by atoms with Crippen LogP contribution in [0, 0.1) is 6.92 Å². The Labute approximate surface area is 211 Å². The molecule has 2 aromatic carbocycles. The van der Waals surface area contributed by atoms with E-state index in [0.29, 0.717) is 19.0 Å². The zero-order chi connectivity index (χ0) is 25.2. The molecule has 4 aromatic rings. The van der Waals surface area contributed by atoms with E-state index >= 15 is 0 Å². The van der Waals surface area contributed by atoms with Crippen LogP contribution in [0.2, 0.25) is 0 Å². The second-order valence-electron chi connectivity index (χ2n) is 9.05. The van der Waals surface area contributed by atoms with Crippen molar-refractivity contribution in [1.82, 2.24) is 19.7 Å². The van der Waals surface area contributed by atoms with Crippen molar-refractivity contribution in [3.05, 3.63) is 66.4 Å². The molecule has 1 aliphatic rings. The Hall–Kier alpha value is -4.07. The van der Waals surface area contributed by atoms with Crippen LogP contribution in [-0.2, 0) is 11.8 Å². The Morgan fingerprint density at radius 2 is 1.69 bits per heavy atom. The molecule has 0 N–H and O–H groups in total. The number of nitrogens with zero attached hydrogens (tertiary/aromatic N) is 5. The van der Waals surface area contributed by atoms with Crippen molar-refractivity contribution in [2.75, 3.05) is 38.2 Å². The van der Waals surface area contributed by atoms with E-state index in [9.17, 15) is 4.79 Å². The molecular weight excluding hydrogens is 454 g/mol. The number of ether oxygens (including phenoxy) is 2. The van der Waals surface area contributed by atoms with Crippen LogP contribution < -0.4 is 14.4 Å². The summed E-state index contributed by atoms with van der Waals surface area (Å²) < 4.78 is 13.1. The lowest BCUT2D eigenvalue weighted by molar-refractivity contribution is -0.138. The van der Waals surface area contributed by atoms with Gasteiger partial charge in [0.15, 0.2) is 11.8 Å². The predicted molar refractivity (Wildman–Crippen MR) is 141 cm³/mol. The van der Waals surface area contributed by atoms with Crippen LogP contribution in [0.4, 0.5) is 5.69 Å². The number of methoxy groups -OCH3 is 1. The third kappa shape index (κ3) is 4.58. The summed E-state index contributed by atoms with van der Waals surface area (Å²) in [5, 5.41) is 5.55. The predicted octanol–water partition coefficient (Wildman–Crippen LogP) is 4.07. The second kappa shape index (κ2) is 9.89. The molecule has 186 valence electrons. The quantitative estimate of drug-likeness (QED) is 0.410. The third-order valence-electron chi connectivity index (χ3n) is 6.70. The first-order valence-corrected chi connectivity index (χ1v) is 12.2. The highest BCUT2D eigenvalue weighted by Crippen LogP contribution is 2.33. The Bertz CT molecular complexity index is 1360. The number of aromatic nitrogens is 3. The van der Waals surface area contributed by atoms with Crippen molar-refractivity contribution in [3.8, 4) is 22.8 Å². The molecule has 1 atom stereocenters. The van der Waals surface area contributed by atoms with Crippen LogP contribution in [0.25, 0.3) is 22.2 Å². The fraction of sp³-hybridized carbons (Fsp3) is 0.321. The monoisotopic (exact) mass is 485 g/mol. The highest BCUT2D eigenvalue weighted by Gasteiger charge is 2.27. The summed E-state index contributed by atoms with van der Waals surface area (Å²) in [6.07, 6.45) is -0.652. The molecule has 1 unspecified atom stereocenters. The highest BCUT2D eigenvalue weighted by atomic mass is 16.5. The number of amides is 1. The summed E-state index contributed by atoms with van der Waals surface area (Å²) in [5.74, 6) is 1.22. The number of hydrogen-bond donors (Lipinski definition) is 0. The SMILES string of the molecule is COc1ccc(N2CCN(C(=O)C(C)Oc3cc(-c4ccccc4)c4c(C)nn(C)c4n3)CC2)cc1. The van der Waals surface area contributed by atoms with Crippen LogP contribution >= 0.6 is 0 Å². The standard InChI is InChI=1S/C28H31N5O3/c1-19-26-24(21-8-6-5-7-9-21)18-25(29-27(26)31(3)30-19)36-20(2)28(34)33-16-14-32(15-17-33)22-10-12-23(35-4)13-11-22/h5-13,18,20H,14-17H2,1-4H3. The van der Waals surface area contributed by atoms with E-state index in [0.717, 1.165) is 52.4 Å². The van der Waals surface area contributed by atoms with Crippen molar-refractivity contribution in [2.45, 2.75) is 20.0 Å². The van der Waals surface area contributed by atoms with E-state index < -0.39 is 6.10 Å². The van der Waals surface area contributed by atoms with Gasteiger partial charge in [-0.05, 0) is 49.2 Å². The van der Waals surface area contributed by atoms with E-state index in [1.165, 1.54) is 0 Å². The highest BCUT2D eigenvalue weighted by molar-refractivity contribution is 5.95. The van der Waals surface area contributed by atoms with Gasteiger partial charge in [0.2, 0.25) is 5.88 Å². The summed E-state index contributed by atoms with van der Waals surface area (Å²) in [4.78, 5) is 22.1. The molecule has 8 nitrogen and oxygen atoms in total. The molecule has 8 heteroatoms. The molecule has 0 bridgehead atoms. The number of anilines is 1. The van der Waals surface area contributed by atoms with Crippen LogP contribution in [0.5, 0.6) is 11.6 Å². The number of hydrogen-bond acceptors (Lipinski definition) is 6. The van der Waals surface area contributed by atoms with E-state index in [2.05, 4.69) is 22.1 Å². The number of aryl methyl sites for hydroxylation is 2. The smallest absolute Gasteiger partial charge is 0.263 e. The maximum Gasteiger partial charge on any atom is 0.263 e. The van der Waals surface area contributed by atoms with Gasteiger partial charge in [0.1, 0.15) is 5.75 Å². The van der Waals surface area contributed by atoms with Gasteiger partial charge >= 0.3 is 0 Å². The molecule has 2 aromatic heterocycles. The van der Waals surface area contributed by atoms with Gasteiger partial charge in [0.05, 0.1) is 18.2 Å². The van der Waals surface area contributed by atoms with Crippen molar-refractivity contribution in [3.63, 3.8) is 0 Å². The van der Waals surface area contributed by atoms with Crippen molar-refractivity contribution < 1.29 is 14.3 Å². The first-order valence-electron chi connectivity index (χ1n) is 12.2. The second-order valence-corrected chi connectivity index (χ2v) is 9.05. The molecule has 36 heavy (non-hydrogen) atoms. The van der Waals surface area contributed by atoms with Crippen molar-refractivity contribution in [1.29, 1.82) is 0 Å². The first kappa shape index (κ1) is 23.7. The largest absolute Gasteiger partial charge is 0.497 e. The molecule has 0 radical (unpaired) electrons. The molecular formula is C28H31N5O3. The molecule has 1 aliphatic heterocycles. The number of carbonyl (C=O) groups excluding carboxylic acids is 1. The summed E-state index contributed by atoms with van der Waals surface area (Å²) in [5.41, 5.74) is 4.82. The van der Waals surface area contributed by atoms with Gasteiger partial charge in [-0.25, -0.2) is 0 Å². The molecule has 0 saturated carbocycles. The zero-order valence-electron chi connectivity index (χ0n) is 21.1. The normalized spacial score (nSPS) is 14.7. The van der Waals surface area contributed by atoms with Crippen LogP contribution in [0.1, 0.15) is 12.6 Å². The van der Waals surface area contributed by atoms with E-state index in [1.54, 1.807) is 18.7 Å². The van der Waals surface area contributed by atoms with Gasteiger partial charge in [0.25, 0.3) is 5.91 Å². The van der Waals surface area contributed by atoms with Crippen molar-refractivity contribution in [2.24, 2.45) is 7.05 Å². The first-order chi connectivity index (χ1) is 17.4. The number of pyridine rings is 1. The third-order valence-corrected chi connectivity index (χ3v) is 6.70. The number of benzene rings is 2. The molecule has 1 fully saturated rings. The van der Waals surface area contributed by atoms with Gasteiger partial charge in [-0.15, -0.1) is 0 Å². The van der Waals surface area contributed by atoms with E-state index in [4.69, 9.17) is 14.5 Å². The Balaban J connectivity index is 1.30. The Morgan fingerprint density at radius 1 is 1.00 bits per heavy atom.